The van der Waals surface area contributed by atoms with Crippen LogP contribution in [0.1, 0.15) is 21.7 Å². The molecule has 1 aromatic heterocycles. The van der Waals surface area contributed by atoms with Gasteiger partial charge in [0.2, 0.25) is 5.78 Å². The summed E-state index contributed by atoms with van der Waals surface area (Å²) in [7, 11) is 0. The fourth-order valence-electron chi connectivity index (χ4n) is 3.80. The molecule has 134 valence electrons. The number of fused-ring (bicyclic) bond motifs is 2. The lowest BCUT2D eigenvalue weighted by molar-refractivity contribution is 0.101. The monoisotopic (exact) mass is 362 g/mol. The molecule has 0 saturated heterocycles. The molecule has 2 nitrogen and oxygen atoms in total. The molecule has 0 aliphatic heterocycles. The molecule has 0 spiro atoms. The summed E-state index contributed by atoms with van der Waals surface area (Å²) in [6.45, 7) is 1.93. The highest BCUT2D eigenvalue weighted by atomic mass is 16.3. The largest absolute Gasteiger partial charge is 0.452 e. The van der Waals surface area contributed by atoms with Crippen LogP contribution in [0.5, 0.6) is 0 Å². The number of benzene rings is 4. The molecule has 0 unspecified atom stereocenters. The third-order valence-corrected chi connectivity index (χ3v) is 5.30. The van der Waals surface area contributed by atoms with Crippen LogP contribution >= 0.6 is 0 Å². The predicted molar refractivity (Wildman–Crippen MR) is 114 cm³/mol. The van der Waals surface area contributed by atoms with E-state index < -0.39 is 0 Å². The maximum absolute atomic E-state index is 13.0. The van der Waals surface area contributed by atoms with E-state index >= 15 is 0 Å². The van der Waals surface area contributed by atoms with E-state index in [9.17, 15) is 4.79 Å². The number of furan rings is 1. The van der Waals surface area contributed by atoms with Gasteiger partial charge in [-0.05, 0) is 34.9 Å². The van der Waals surface area contributed by atoms with E-state index in [1.54, 1.807) is 0 Å². The number of hydrogen-bond acceptors (Lipinski definition) is 2. The molecule has 5 rings (SSSR count). The average molecular weight is 362 g/mol. The fourth-order valence-corrected chi connectivity index (χ4v) is 3.80. The van der Waals surface area contributed by atoms with Crippen LogP contribution in [-0.2, 0) is 0 Å². The molecule has 4 aromatic carbocycles. The van der Waals surface area contributed by atoms with Crippen molar-refractivity contribution in [2.24, 2.45) is 0 Å². The average Bonchev–Trinajstić information content (AvgIpc) is 3.10. The van der Waals surface area contributed by atoms with E-state index in [2.05, 4.69) is 30.3 Å². The molecule has 28 heavy (non-hydrogen) atoms. The summed E-state index contributed by atoms with van der Waals surface area (Å²) in [5.41, 5.74) is 4.52. The van der Waals surface area contributed by atoms with Crippen molar-refractivity contribution in [2.75, 3.05) is 0 Å². The first kappa shape index (κ1) is 16.5. The molecule has 0 amide bonds. The molecule has 0 N–H and O–H groups in total. The van der Waals surface area contributed by atoms with Crippen molar-refractivity contribution in [3.8, 4) is 11.1 Å². The van der Waals surface area contributed by atoms with Gasteiger partial charge in [0.05, 0.1) is 0 Å². The molecule has 1 heterocycles. The van der Waals surface area contributed by atoms with Crippen LogP contribution in [0.4, 0.5) is 0 Å². The number of carbonyl (C=O) groups is 1. The third kappa shape index (κ3) is 2.62. The molecule has 0 saturated carbocycles. The highest BCUT2D eigenvalue weighted by Crippen LogP contribution is 2.30. The summed E-state index contributed by atoms with van der Waals surface area (Å²) in [5, 5.41) is 3.40. The molecule has 0 radical (unpaired) electrons. The summed E-state index contributed by atoms with van der Waals surface area (Å²) in [5.74, 6) is 0.331. The summed E-state index contributed by atoms with van der Waals surface area (Å²) >= 11 is 0. The standard InChI is InChI=1S/C26H18O2/c1-17-21-9-4-5-12-24(21)28-26(17)25(27)20-15-13-19(14-16-20)23-11-6-8-18-7-2-3-10-22(18)23/h2-16H,1H3. The molecule has 0 atom stereocenters. The van der Waals surface area contributed by atoms with Crippen molar-refractivity contribution in [3.05, 3.63) is 108 Å². The molecule has 0 aliphatic carbocycles. The SMILES string of the molecule is Cc1c(C(=O)c2ccc(-c3cccc4ccccc34)cc2)oc2ccccc12. The Labute approximate surface area is 163 Å². The number of hydrogen-bond donors (Lipinski definition) is 0. The van der Waals surface area contributed by atoms with Crippen LogP contribution in [-0.4, -0.2) is 5.78 Å². The van der Waals surface area contributed by atoms with E-state index in [4.69, 9.17) is 4.42 Å². The van der Waals surface area contributed by atoms with Crippen LogP contribution in [0.3, 0.4) is 0 Å². The van der Waals surface area contributed by atoms with Gasteiger partial charge in [-0.25, -0.2) is 0 Å². The lowest BCUT2D eigenvalue weighted by Crippen LogP contribution is -2.01. The maximum atomic E-state index is 13.0. The summed E-state index contributed by atoms with van der Waals surface area (Å²) in [4.78, 5) is 13.0. The zero-order valence-corrected chi connectivity index (χ0v) is 15.5. The molecule has 5 aromatic rings. The lowest BCUT2D eigenvalue weighted by atomic mass is 9.96. The second kappa shape index (κ2) is 6.50. The van der Waals surface area contributed by atoms with Crippen molar-refractivity contribution in [1.29, 1.82) is 0 Å². The third-order valence-electron chi connectivity index (χ3n) is 5.30. The summed E-state index contributed by atoms with van der Waals surface area (Å²) in [6, 6.07) is 30.1. The molecule has 0 bridgehead atoms. The van der Waals surface area contributed by atoms with Crippen molar-refractivity contribution in [1.82, 2.24) is 0 Å². The van der Waals surface area contributed by atoms with Crippen LogP contribution in [0, 0.1) is 6.92 Å². The van der Waals surface area contributed by atoms with Gasteiger partial charge in [-0.15, -0.1) is 0 Å². The number of rotatable bonds is 3. The molecule has 0 aliphatic rings. The van der Waals surface area contributed by atoms with Gasteiger partial charge >= 0.3 is 0 Å². The Morgan fingerprint density at radius 1 is 0.714 bits per heavy atom. The van der Waals surface area contributed by atoms with Crippen molar-refractivity contribution in [2.45, 2.75) is 6.92 Å². The van der Waals surface area contributed by atoms with E-state index in [-0.39, 0.29) is 5.78 Å². The van der Waals surface area contributed by atoms with Crippen LogP contribution < -0.4 is 0 Å². The first-order chi connectivity index (χ1) is 13.7. The normalized spacial score (nSPS) is 11.2. The minimum Gasteiger partial charge on any atom is -0.452 e. The molecular weight excluding hydrogens is 344 g/mol. The lowest BCUT2D eigenvalue weighted by Gasteiger charge is -2.08. The zero-order valence-electron chi connectivity index (χ0n) is 15.5. The van der Waals surface area contributed by atoms with Crippen LogP contribution in [0.25, 0.3) is 32.9 Å². The highest BCUT2D eigenvalue weighted by molar-refractivity contribution is 6.10. The Morgan fingerprint density at radius 3 is 2.18 bits per heavy atom. The van der Waals surface area contributed by atoms with Gasteiger partial charge in [0, 0.05) is 16.5 Å². The van der Waals surface area contributed by atoms with Gasteiger partial charge < -0.3 is 4.42 Å². The second-order valence-electron chi connectivity index (χ2n) is 6.99. The van der Waals surface area contributed by atoms with E-state index in [0.29, 0.717) is 11.3 Å². The number of carbonyl (C=O) groups excluding carboxylic acids is 1. The van der Waals surface area contributed by atoms with Gasteiger partial charge in [0.1, 0.15) is 5.58 Å². The van der Waals surface area contributed by atoms with Crippen molar-refractivity contribution >= 4 is 27.5 Å². The highest BCUT2D eigenvalue weighted by Gasteiger charge is 2.19. The molecular formula is C26H18O2. The van der Waals surface area contributed by atoms with Gasteiger partial charge in [0.25, 0.3) is 0 Å². The first-order valence-corrected chi connectivity index (χ1v) is 9.33. The number of aryl methyl sites for hydroxylation is 1. The van der Waals surface area contributed by atoms with E-state index in [1.807, 2.05) is 67.6 Å². The number of ketones is 1. The maximum Gasteiger partial charge on any atom is 0.228 e. The Kier molecular flexibility index (Phi) is 3.84. The van der Waals surface area contributed by atoms with Crippen LogP contribution in [0.15, 0.2) is 95.4 Å². The smallest absolute Gasteiger partial charge is 0.228 e. The van der Waals surface area contributed by atoms with Crippen molar-refractivity contribution < 1.29 is 9.21 Å². The zero-order chi connectivity index (χ0) is 19.1. The van der Waals surface area contributed by atoms with Gasteiger partial charge in [-0.3, -0.25) is 4.79 Å². The fraction of sp³-hybridized carbons (Fsp3) is 0.0385. The number of para-hydroxylation sites is 1. The van der Waals surface area contributed by atoms with E-state index in [1.165, 1.54) is 10.8 Å². The van der Waals surface area contributed by atoms with Crippen molar-refractivity contribution in [3.63, 3.8) is 0 Å². The topological polar surface area (TPSA) is 30.2 Å². The second-order valence-corrected chi connectivity index (χ2v) is 6.99. The Morgan fingerprint density at radius 2 is 1.39 bits per heavy atom. The summed E-state index contributed by atoms with van der Waals surface area (Å²) in [6.07, 6.45) is 0. The minimum absolute atomic E-state index is 0.0850. The summed E-state index contributed by atoms with van der Waals surface area (Å²) < 4.78 is 5.84. The van der Waals surface area contributed by atoms with E-state index in [0.717, 1.165) is 27.7 Å². The minimum atomic E-state index is -0.0850. The van der Waals surface area contributed by atoms with Gasteiger partial charge in [-0.2, -0.15) is 0 Å². The quantitative estimate of drug-likeness (QED) is 0.331. The predicted octanol–water partition coefficient (Wildman–Crippen LogP) is 6.79. The Balaban J connectivity index is 1.54. The molecule has 0 fully saturated rings. The first-order valence-electron chi connectivity index (χ1n) is 9.33. The Hall–Kier alpha value is -3.65. The van der Waals surface area contributed by atoms with Gasteiger partial charge in [-0.1, -0.05) is 84.9 Å². The van der Waals surface area contributed by atoms with Crippen LogP contribution in [0.2, 0.25) is 0 Å². The molecule has 2 heteroatoms. The van der Waals surface area contributed by atoms with Gasteiger partial charge in [0.15, 0.2) is 5.76 Å². The Bertz CT molecular complexity index is 1320.